The lowest BCUT2D eigenvalue weighted by atomic mass is 10.1. The zero-order valence-corrected chi connectivity index (χ0v) is 11.4. The fraction of sp³-hybridized carbons (Fsp3) is 0.429. The smallest absolute Gasteiger partial charge is 0.153 e. The van der Waals surface area contributed by atoms with E-state index in [2.05, 4.69) is 41.4 Å². The number of aryl methyl sites for hydroxylation is 2. The summed E-state index contributed by atoms with van der Waals surface area (Å²) in [5.41, 5.74) is 3.31. The van der Waals surface area contributed by atoms with Crippen molar-refractivity contribution >= 4 is 0 Å². The summed E-state index contributed by atoms with van der Waals surface area (Å²) in [6, 6.07) is 6.50. The molecule has 2 rings (SSSR count). The average Bonchev–Trinajstić information content (AvgIpc) is 2.69. The maximum Gasteiger partial charge on any atom is 0.153 e. The molecule has 4 heteroatoms. The van der Waals surface area contributed by atoms with Crippen LogP contribution in [-0.4, -0.2) is 21.3 Å². The first-order valence-corrected chi connectivity index (χ1v) is 6.34. The Labute approximate surface area is 108 Å². The van der Waals surface area contributed by atoms with Crippen LogP contribution in [0.5, 0.6) is 0 Å². The molecule has 4 nitrogen and oxygen atoms in total. The monoisotopic (exact) mass is 244 g/mol. The third-order valence-electron chi connectivity index (χ3n) is 3.01. The molecule has 0 aliphatic carbocycles. The molecule has 0 bridgehead atoms. The van der Waals surface area contributed by atoms with Crippen LogP contribution in [0.4, 0.5) is 0 Å². The van der Waals surface area contributed by atoms with Crippen LogP contribution in [0, 0.1) is 13.8 Å². The van der Waals surface area contributed by atoms with Gasteiger partial charge in [0.15, 0.2) is 5.82 Å². The number of nitrogens with one attached hydrogen (secondary N) is 1. The van der Waals surface area contributed by atoms with E-state index in [4.69, 9.17) is 0 Å². The molecule has 2 aromatic rings. The molecule has 18 heavy (non-hydrogen) atoms. The van der Waals surface area contributed by atoms with Crippen LogP contribution in [0.15, 0.2) is 24.4 Å². The van der Waals surface area contributed by atoms with E-state index in [1.54, 1.807) is 0 Å². The van der Waals surface area contributed by atoms with Crippen LogP contribution < -0.4 is 5.32 Å². The van der Waals surface area contributed by atoms with E-state index in [0.717, 1.165) is 23.8 Å². The summed E-state index contributed by atoms with van der Waals surface area (Å²) in [4.78, 5) is 4.49. The molecule has 0 aromatic carbocycles. The number of hydrogen-bond acceptors (Lipinski definition) is 3. The molecule has 2 aromatic heterocycles. The molecule has 0 aliphatic rings. The fourth-order valence-electron chi connectivity index (χ4n) is 2.06. The number of pyridine rings is 1. The van der Waals surface area contributed by atoms with Crippen molar-refractivity contribution in [1.82, 2.24) is 20.1 Å². The first-order valence-electron chi connectivity index (χ1n) is 6.34. The lowest BCUT2D eigenvalue weighted by Gasteiger charge is -2.12. The highest BCUT2D eigenvalue weighted by atomic mass is 15.3. The molecular formula is C14H20N4. The zero-order chi connectivity index (χ0) is 13.1. The Bertz CT molecular complexity index is 513. The minimum absolute atomic E-state index is 0.331. The Morgan fingerprint density at radius 1 is 1.33 bits per heavy atom. The molecule has 2 heterocycles. The summed E-state index contributed by atoms with van der Waals surface area (Å²) >= 11 is 0. The van der Waals surface area contributed by atoms with E-state index in [-0.39, 0.29) is 0 Å². The van der Waals surface area contributed by atoms with Crippen LogP contribution in [0.1, 0.15) is 36.8 Å². The van der Waals surface area contributed by atoms with Gasteiger partial charge in [0.1, 0.15) is 0 Å². The van der Waals surface area contributed by atoms with E-state index in [1.165, 1.54) is 5.56 Å². The van der Waals surface area contributed by atoms with E-state index in [1.807, 2.05) is 30.8 Å². The van der Waals surface area contributed by atoms with Gasteiger partial charge in [0.2, 0.25) is 0 Å². The Morgan fingerprint density at radius 3 is 2.61 bits per heavy atom. The number of rotatable bonds is 4. The standard InChI is InChI=1S/C14H20N4/c1-5-15-12(4)13-6-7-14(16-9-13)18-11(3)8-10(2)17-18/h6-9,12,15H,5H2,1-4H3. The highest BCUT2D eigenvalue weighted by Crippen LogP contribution is 2.14. The summed E-state index contributed by atoms with van der Waals surface area (Å²) in [5.74, 6) is 0.869. The maximum absolute atomic E-state index is 4.49. The average molecular weight is 244 g/mol. The molecule has 1 N–H and O–H groups in total. The van der Waals surface area contributed by atoms with Crippen LogP contribution >= 0.6 is 0 Å². The quantitative estimate of drug-likeness (QED) is 0.898. The van der Waals surface area contributed by atoms with Crippen molar-refractivity contribution in [1.29, 1.82) is 0 Å². The molecular weight excluding hydrogens is 224 g/mol. The number of aromatic nitrogens is 3. The predicted octanol–water partition coefficient (Wildman–Crippen LogP) is 2.55. The lowest BCUT2D eigenvalue weighted by Crippen LogP contribution is -2.18. The molecule has 0 spiro atoms. The van der Waals surface area contributed by atoms with Crippen molar-refractivity contribution < 1.29 is 0 Å². The minimum Gasteiger partial charge on any atom is -0.310 e. The third kappa shape index (κ3) is 2.59. The highest BCUT2D eigenvalue weighted by Gasteiger charge is 2.07. The van der Waals surface area contributed by atoms with Crippen molar-refractivity contribution in [3.63, 3.8) is 0 Å². The van der Waals surface area contributed by atoms with Gasteiger partial charge in [-0.15, -0.1) is 0 Å². The van der Waals surface area contributed by atoms with E-state index >= 15 is 0 Å². The molecule has 0 aliphatic heterocycles. The summed E-state index contributed by atoms with van der Waals surface area (Å²) in [5, 5.41) is 7.80. The lowest BCUT2D eigenvalue weighted by molar-refractivity contribution is 0.595. The fourth-order valence-corrected chi connectivity index (χ4v) is 2.06. The topological polar surface area (TPSA) is 42.7 Å². The Hall–Kier alpha value is -1.68. The molecule has 0 radical (unpaired) electrons. The molecule has 0 amide bonds. The van der Waals surface area contributed by atoms with Crippen LogP contribution in [-0.2, 0) is 0 Å². The highest BCUT2D eigenvalue weighted by molar-refractivity contribution is 5.28. The van der Waals surface area contributed by atoms with Crippen molar-refractivity contribution in [2.45, 2.75) is 33.7 Å². The molecule has 0 saturated heterocycles. The Kier molecular flexibility index (Phi) is 3.77. The van der Waals surface area contributed by atoms with Gasteiger partial charge >= 0.3 is 0 Å². The van der Waals surface area contributed by atoms with Gasteiger partial charge in [0, 0.05) is 17.9 Å². The van der Waals surface area contributed by atoms with Gasteiger partial charge in [-0.3, -0.25) is 0 Å². The molecule has 0 saturated carbocycles. The van der Waals surface area contributed by atoms with E-state index < -0.39 is 0 Å². The van der Waals surface area contributed by atoms with E-state index in [9.17, 15) is 0 Å². The van der Waals surface area contributed by atoms with Gasteiger partial charge in [0.25, 0.3) is 0 Å². The van der Waals surface area contributed by atoms with Crippen molar-refractivity contribution in [2.24, 2.45) is 0 Å². The third-order valence-corrected chi connectivity index (χ3v) is 3.01. The van der Waals surface area contributed by atoms with Crippen LogP contribution in [0.25, 0.3) is 5.82 Å². The van der Waals surface area contributed by atoms with Gasteiger partial charge in [-0.1, -0.05) is 13.0 Å². The summed E-state index contributed by atoms with van der Waals surface area (Å²) in [7, 11) is 0. The van der Waals surface area contributed by atoms with Crippen LogP contribution in [0.2, 0.25) is 0 Å². The molecule has 1 atom stereocenters. The van der Waals surface area contributed by atoms with Gasteiger partial charge in [-0.05, 0) is 45.0 Å². The predicted molar refractivity (Wildman–Crippen MR) is 72.9 cm³/mol. The van der Waals surface area contributed by atoms with Crippen molar-refractivity contribution in [3.8, 4) is 5.82 Å². The largest absolute Gasteiger partial charge is 0.310 e. The zero-order valence-electron chi connectivity index (χ0n) is 11.4. The Balaban J connectivity index is 2.25. The molecule has 0 fully saturated rings. The van der Waals surface area contributed by atoms with Gasteiger partial charge in [0.05, 0.1) is 5.69 Å². The summed E-state index contributed by atoms with van der Waals surface area (Å²) < 4.78 is 1.87. The Morgan fingerprint density at radius 2 is 2.11 bits per heavy atom. The molecule has 1 unspecified atom stereocenters. The second-order valence-electron chi connectivity index (χ2n) is 4.57. The van der Waals surface area contributed by atoms with Gasteiger partial charge in [-0.2, -0.15) is 5.10 Å². The first-order chi connectivity index (χ1) is 8.61. The van der Waals surface area contributed by atoms with Crippen LogP contribution in [0.3, 0.4) is 0 Å². The minimum atomic E-state index is 0.331. The maximum atomic E-state index is 4.49. The van der Waals surface area contributed by atoms with Crippen molar-refractivity contribution in [2.75, 3.05) is 6.54 Å². The van der Waals surface area contributed by atoms with Crippen molar-refractivity contribution in [3.05, 3.63) is 41.3 Å². The number of hydrogen-bond donors (Lipinski definition) is 1. The normalized spacial score (nSPS) is 12.7. The SMILES string of the molecule is CCNC(C)c1ccc(-n2nc(C)cc2C)nc1. The van der Waals surface area contributed by atoms with Gasteiger partial charge < -0.3 is 5.32 Å². The summed E-state index contributed by atoms with van der Waals surface area (Å²) in [6.45, 7) is 9.24. The molecule has 96 valence electrons. The summed E-state index contributed by atoms with van der Waals surface area (Å²) in [6.07, 6.45) is 1.92. The number of nitrogens with zero attached hydrogens (tertiary/aromatic N) is 3. The first kappa shape index (κ1) is 12.8. The second-order valence-corrected chi connectivity index (χ2v) is 4.57. The van der Waals surface area contributed by atoms with Gasteiger partial charge in [-0.25, -0.2) is 9.67 Å². The van der Waals surface area contributed by atoms with E-state index in [0.29, 0.717) is 6.04 Å². The second kappa shape index (κ2) is 5.31.